The van der Waals surface area contributed by atoms with Crippen molar-refractivity contribution in [2.45, 2.75) is 25.7 Å². The normalized spacial score (nSPS) is 15.9. The second-order valence-electron chi connectivity index (χ2n) is 7.26. The van der Waals surface area contributed by atoms with Gasteiger partial charge in [-0.15, -0.1) is 0 Å². The summed E-state index contributed by atoms with van der Waals surface area (Å²) < 4.78 is 16.5. The van der Waals surface area contributed by atoms with E-state index in [1.54, 1.807) is 18.2 Å². The average molecular weight is 379 g/mol. The van der Waals surface area contributed by atoms with Gasteiger partial charge in [0, 0.05) is 17.0 Å². The minimum Gasteiger partial charge on any atom is -0.493 e. The van der Waals surface area contributed by atoms with Gasteiger partial charge >= 0.3 is 0 Å². The number of hydrogen-bond acceptors (Lipinski definition) is 5. The van der Waals surface area contributed by atoms with E-state index in [1.807, 2.05) is 18.2 Å². The van der Waals surface area contributed by atoms with E-state index >= 15 is 0 Å². The minimum absolute atomic E-state index is 0.176. The van der Waals surface area contributed by atoms with Gasteiger partial charge in [0.15, 0.2) is 17.3 Å². The predicted molar refractivity (Wildman–Crippen MR) is 104 cm³/mol. The number of benzene rings is 2. The fourth-order valence-corrected chi connectivity index (χ4v) is 3.79. The number of fused-ring (bicyclic) bond motifs is 2. The third-order valence-corrected chi connectivity index (χ3v) is 5.36. The van der Waals surface area contributed by atoms with E-state index in [1.165, 1.54) is 25.7 Å². The monoisotopic (exact) mass is 379 g/mol. The molecule has 144 valence electrons. The summed E-state index contributed by atoms with van der Waals surface area (Å²) in [6.45, 7) is 0.933. The lowest BCUT2D eigenvalue weighted by atomic mass is 10.1. The molecule has 0 saturated heterocycles. The summed E-state index contributed by atoms with van der Waals surface area (Å²) in [5.41, 5.74) is 1.31. The maximum atomic E-state index is 12.6. The molecule has 2 N–H and O–H groups in total. The Morgan fingerprint density at radius 3 is 2.89 bits per heavy atom. The molecular weight excluding hydrogens is 358 g/mol. The van der Waals surface area contributed by atoms with Gasteiger partial charge in [-0.2, -0.15) is 5.10 Å². The van der Waals surface area contributed by atoms with Crippen LogP contribution in [0.25, 0.3) is 10.9 Å². The smallest absolute Gasteiger partial charge is 0.257 e. The fraction of sp³-hybridized carbons (Fsp3) is 0.333. The van der Waals surface area contributed by atoms with E-state index in [0.29, 0.717) is 28.8 Å². The first-order valence-corrected chi connectivity index (χ1v) is 9.58. The number of nitrogens with one attached hydrogen (secondary N) is 2. The van der Waals surface area contributed by atoms with Gasteiger partial charge < -0.3 is 19.5 Å². The first-order chi connectivity index (χ1) is 13.8. The van der Waals surface area contributed by atoms with E-state index in [4.69, 9.17) is 14.2 Å². The van der Waals surface area contributed by atoms with Gasteiger partial charge in [-0.3, -0.25) is 9.89 Å². The van der Waals surface area contributed by atoms with Gasteiger partial charge in [-0.1, -0.05) is 12.8 Å². The first kappa shape index (κ1) is 16.9. The molecule has 0 bridgehead atoms. The van der Waals surface area contributed by atoms with Crippen LogP contribution in [0.15, 0.2) is 36.4 Å². The number of amides is 1. The van der Waals surface area contributed by atoms with Crippen LogP contribution in [0, 0.1) is 5.92 Å². The number of H-pyrrole nitrogens is 1. The summed E-state index contributed by atoms with van der Waals surface area (Å²) in [6, 6.07) is 10.9. The maximum absolute atomic E-state index is 12.6. The van der Waals surface area contributed by atoms with Gasteiger partial charge in [0.2, 0.25) is 6.79 Å². The summed E-state index contributed by atoms with van der Waals surface area (Å²) in [5, 5.41) is 10.9. The molecule has 2 aromatic carbocycles. The van der Waals surface area contributed by atoms with Crippen molar-refractivity contribution < 1.29 is 19.0 Å². The SMILES string of the molecule is O=C(Nc1n[nH]c2cc(OCC3CCCC3)ccc12)c1ccc2c(c1)OCO2. The molecule has 7 heteroatoms. The standard InChI is InChI=1S/C21H21N3O4/c25-21(14-5-8-18-19(9-14)28-12-27-18)22-20-16-7-6-15(10-17(16)23-24-20)26-11-13-3-1-2-4-13/h5-10,13H,1-4,11-12H2,(H2,22,23,24,25). The number of hydrogen-bond donors (Lipinski definition) is 2. The van der Waals surface area contributed by atoms with Gasteiger partial charge in [-0.05, 0) is 49.1 Å². The minimum atomic E-state index is -0.256. The summed E-state index contributed by atoms with van der Waals surface area (Å²) in [7, 11) is 0. The lowest BCUT2D eigenvalue weighted by molar-refractivity contribution is 0.102. The number of carbonyl (C=O) groups is 1. The number of rotatable bonds is 5. The Kier molecular flexibility index (Phi) is 4.27. The molecule has 2 aliphatic rings. The van der Waals surface area contributed by atoms with Crippen molar-refractivity contribution in [2.75, 3.05) is 18.7 Å². The Morgan fingerprint density at radius 1 is 1.14 bits per heavy atom. The van der Waals surface area contributed by atoms with Gasteiger partial charge in [0.1, 0.15) is 5.75 Å². The second-order valence-corrected chi connectivity index (χ2v) is 7.26. The van der Waals surface area contributed by atoms with E-state index in [0.717, 1.165) is 23.3 Å². The summed E-state index contributed by atoms with van der Waals surface area (Å²) in [5.74, 6) is 2.93. The van der Waals surface area contributed by atoms with Crippen molar-refractivity contribution in [3.8, 4) is 17.2 Å². The molecule has 1 amide bonds. The molecule has 1 aromatic heterocycles. The molecule has 2 heterocycles. The molecule has 1 aliphatic carbocycles. The lowest BCUT2D eigenvalue weighted by Gasteiger charge is -2.11. The number of aromatic nitrogens is 2. The van der Waals surface area contributed by atoms with Crippen molar-refractivity contribution in [1.82, 2.24) is 10.2 Å². The van der Waals surface area contributed by atoms with Crippen molar-refractivity contribution in [3.05, 3.63) is 42.0 Å². The van der Waals surface area contributed by atoms with Crippen LogP contribution in [0.5, 0.6) is 17.2 Å². The number of aromatic amines is 1. The third kappa shape index (κ3) is 3.24. The van der Waals surface area contributed by atoms with Crippen molar-refractivity contribution in [3.63, 3.8) is 0 Å². The van der Waals surface area contributed by atoms with E-state index in [9.17, 15) is 4.79 Å². The maximum Gasteiger partial charge on any atom is 0.257 e. The summed E-state index contributed by atoms with van der Waals surface area (Å²) in [4.78, 5) is 12.6. The molecule has 1 fully saturated rings. The van der Waals surface area contributed by atoms with E-state index < -0.39 is 0 Å². The first-order valence-electron chi connectivity index (χ1n) is 9.58. The molecule has 5 rings (SSSR count). The predicted octanol–water partition coefficient (Wildman–Crippen LogP) is 4.11. The zero-order chi connectivity index (χ0) is 18.9. The van der Waals surface area contributed by atoms with Gasteiger partial charge in [0.25, 0.3) is 5.91 Å². The highest BCUT2D eigenvalue weighted by Crippen LogP contribution is 2.33. The molecule has 7 nitrogen and oxygen atoms in total. The highest BCUT2D eigenvalue weighted by molar-refractivity contribution is 6.08. The van der Waals surface area contributed by atoms with Crippen LogP contribution in [-0.4, -0.2) is 29.5 Å². The van der Waals surface area contributed by atoms with Crippen molar-refractivity contribution in [2.24, 2.45) is 5.92 Å². The van der Waals surface area contributed by atoms with Crippen LogP contribution >= 0.6 is 0 Å². The molecule has 0 atom stereocenters. The summed E-state index contributed by atoms with van der Waals surface area (Å²) >= 11 is 0. The zero-order valence-corrected chi connectivity index (χ0v) is 15.4. The van der Waals surface area contributed by atoms with Crippen molar-refractivity contribution >= 4 is 22.6 Å². The zero-order valence-electron chi connectivity index (χ0n) is 15.4. The Balaban J connectivity index is 1.30. The van der Waals surface area contributed by atoms with Crippen LogP contribution < -0.4 is 19.5 Å². The molecule has 0 spiro atoms. The molecule has 1 aliphatic heterocycles. The molecule has 1 saturated carbocycles. The largest absolute Gasteiger partial charge is 0.493 e. The van der Waals surface area contributed by atoms with Gasteiger partial charge in [-0.25, -0.2) is 0 Å². The second kappa shape index (κ2) is 7.07. The van der Waals surface area contributed by atoms with E-state index in [-0.39, 0.29) is 12.7 Å². The number of carbonyl (C=O) groups excluding carboxylic acids is 1. The third-order valence-electron chi connectivity index (χ3n) is 5.36. The van der Waals surface area contributed by atoms with Crippen LogP contribution in [0.2, 0.25) is 0 Å². The Labute approximate surface area is 162 Å². The Hall–Kier alpha value is -3.22. The molecule has 0 radical (unpaired) electrons. The fourth-order valence-electron chi connectivity index (χ4n) is 3.79. The Morgan fingerprint density at radius 2 is 2.00 bits per heavy atom. The lowest BCUT2D eigenvalue weighted by Crippen LogP contribution is -2.12. The van der Waals surface area contributed by atoms with Crippen LogP contribution in [0.3, 0.4) is 0 Å². The Bertz CT molecular complexity index is 1020. The topological polar surface area (TPSA) is 85.5 Å². The number of anilines is 1. The number of ether oxygens (including phenoxy) is 3. The molecule has 28 heavy (non-hydrogen) atoms. The molecule has 3 aromatic rings. The highest BCUT2D eigenvalue weighted by atomic mass is 16.7. The average Bonchev–Trinajstić information content (AvgIpc) is 3.46. The quantitative estimate of drug-likeness (QED) is 0.697. The number of nitrogens with zero attached hydrogens (tertiary/aromatic N) is 1. The molecular formula is C21H21N3O4. The van der Waals surface area contributed by atoms with Crippen LogP contribution in [0.1, 0.15) is 36.0 Å². The van der Waals surface area contributed by atoms with E-state index in [2.05, 4.69) is 15.5 Å². The summed E-state index contributed by atoms with van der Waals surface area (Å²) in [6.07, 6.45) is 5.12. The van der Waals surface area contributed by atoms with Gasteiger partial charge in [0.05, 0.1) is 12.1 Å². The van der Waals surface area contributed by atoms with Crippen molar-refractivity contribution in [1.29, 1.82) is 0 Å². The molecule has 0 unspecified atom stereocenters. The van der Waals surface area contributed by atoms with Crippen LogP contribution in [-0.2, 0) is 0 Å². The van der Waals surface area contributed by atoms with Crippen LogP contribution in [0.4, 0.5) is 5.82 Å². The highest BCUT2D eigenvalue weighted by Gasteiger charge is 2.18.